The summed E-state index contributed by atoms with van der Waals surface area (Å²) in [5.74, 6) is 0.00832. The van der Waals surface area contributed by atoms with Crippen LogP contribution in [-0.2, 0) is 11.2 Å². The summed E-state index contributed by atoms with van der Waals surface area (Å²) in [6, 6.07) is 16.0. The van der Waals surface area contributed by atoms with Gasteiger partial charge in [0.2, 0.25) is 11.8 Å². The lowest BCUT2D eigenvalue weighted by atomic mass is 10.1. The molecule has 0 spiro atoms. The van der Waals surface area contributed by atoms with Gasteiger partial charge >= 0.3 is 0 Å². The molecule has 1 heterocycles. The Kier molecular flexibility index (Phi) is 9.19. The minimum Gasteiger partial charge on any atom is -0.492 e. The number of rotatable bonds is 13. The Balaban J connectivity index is 1.28. The van der Waals surface area contributed by atoms with Crippen molar-refractivity contribution in [3.8, 4) is 10.9 Å². The first-order valence-electron chi connectivity index (χ1n) is 10.3. The summed E-state index contributed by atoms with van der Waals surface area (Å²) in [6.07, 6.45) is 1.07. The molecular formula is C23H26N4O5S. The van der Waals surface area contributed by atoms with Crippen molar-refractivity contribution in [2.75, 3.05) is 31.6 Å². The van der Waals surface area contributed by atoms with Gasteiger partial charge in [-0.2, -0.15) is 0 Å². The Morgan fingerprint density at radius 1 is 1.09 bits per heavy atom. The number of nitrogens with one attached hydrogen (secondary N) is 2. The van der Waals surface area contributed by atoms with Gasteiger partial charge in [0, 0.05) is 18.7 Å². The average molecular weight is 471 g/mol. The van der Waals surface area contributed by atoms with Crippen LogP contribution in [0.2, 0.25) is 0 Å². The van der Waals surface area contributed by atoms with E-state index in [2.05, 4.69) is 15.6 Å². The van der Waals surface area contributed by atoms with Gasteiger partial charge in [0.15, 0.2) is 0 Å². The highest BCUT2D eigenvalue weighted by molar-refractivity contribution is 7.17. The molecule has 0 bridgehead atoms. The van der Waals surface area contributed by atoms with Gasteiger partial charge in [-0.05, 0) is 29.8 Å². The lowest BCUT2D eigenvalue weighted by molar-refractivity contribution is -0.115. The number of anilines is 1. The second kappa shape index (κ2) is 12.5. The molecule has 0 aliphatic heterocycles. The summed E-state index contributed by atoms with van der Waals surface area (Å²) in [4.78, 5) is 27.3. The van der Waals surface area contributed by atoms with E-state index in [1.54, 1.807) is 24.3 Å². The number of benzene rings is 2. The fourth-order valence-electron chi connectivity index (χ4n) is 2.80. The van der Waals surface area contributed by atoms with E-state index in [-0.39, 0.29) is 18.9 Å². The highest BCUT2D eigenvalue weighted by Crippen LogP contribution is 2.25. The molecule has 0 saturated heterocycles. The third-order valence-electron chi connectivity index (χ3n) is 4.42. The van der Waals surface area contributed by atoms with Crippen LogP contribution in [0.5, 0.6) is 10.9 Å². The van der Waals surface area contributed by atoms with Crippen molar-refractivity contribution in [1.29, 1.82) is 0 Å². The number of aliphatic hydroxyl groups is 1. The molecule has 3 aromatic rings. The number of hydrogen-bond acceptors (Lipinski definition) is 8. The SMILES string of the molecule is NC(=O)c1ccc(OCCNCC(O)COc2ncc(NC(=O)Cc3ccccc3)s2)cc1. The van der Waals surface area contributed by atoms with Crippen LogP contribution < -0.4 is 25.8 Å². The summed E-state index contributed by atoms with van der Waals surface area (Å²) in [7, 11) is 0. The van der Waals surface area contributed by atoms with Gasteiger partial charge < -0.3 is 30.9 Å². The quantitative estimate of drug-likeness (QED) is 0.280. The first-order valence-corrected chi connectivity index (χ1v) is 11.1. The van der Waals surface area contributed by atoms with E-state index in [1.807, 2.05) is 30.3 Å². The Hall–Kier alpha value is -3.47. The van der Waals surface area contributed by atoms with Crippen molar-refractivity contribution in [2.24, 2.45) is 5.73 Å². The standard InChI is InChI=1S/C23H26N4O5S/c24-22(30)17-6-8-19(9-7-17)31-11-10-25-13-18(28)15-32-23-26-14-21(33-23)27-20(29)12-16-4-2-1-3-5-16/h1-9,14,18,25,28H,10-13,15H2,(H2,24,30)(H,27,29). The van der Waals surface area contributed by atoms with Crippen molar-refractivity contribution in [3.05, 3.63) is 71.9 Å². The molecule has 0 aliphatic rings. The van der Waals surface area contributed by atoms with Gasteiger partial charge in [0.05, 0.1) is 12.6 Å². The number of primary amides is 1. The van der Waals surface area contributed by atoms with Crippen LogP contribution in [0, 0.1) is 0 Å². The Morgan fingerprint density at radius 3 is 2.58 bits per heavy atom. The minimum atomic E-state index is -0.736. The molecule has 0 fully saturated rings. The van der Waals surface area contributed by atoms with E-state index >= 15 is 0 Å². The zero-order valence-electron chi connectivity index (χ0n) is 17.9. The Labute approximate surface area is 195 Å². The van der Waals surface area contributed by atoms with Gasteiger partial charge in [0.1, 0.15) is 30.1 Å². The zero-order valence-corrected chi connectivity index (χ0v) is 18.7. The summed E-state index contributed by atoms with van der Waals surface area (Å²) < 4.78 is 11.1. The predicted octanol–water partition coefficient (Wildman–Crippen LogP) is 1.83. The van der Waals surface area contributed by atoms with Crippen molar-refractivity contribution in [2.45, 2.75) is 12.5 Å². The summed E-state index contributed by atoms with van der Waals surface area (Å²) in [6.45, 7) is 1.29. The van der Waals surface area contributed by atoms with Crippen LogP contribution in [-0.4, -0.2) is 54.3 Å². The average Bonchev–Trinajstić information content (AvgIpc) is 3.25. The van der Waals surface area contributed by atoms with Gasteiger partial charge in [-0.3, -0.25) is 9.59 Å². The number of nitrogens with two attached hydrogens (primary N) is 1. The maximum atomic E-state index is 12.1. The number of amides is 2. The highest BCUT2D eigenvalue weighted by Gasteiger charge is 2.10. The van der Waals surface area contributed by atoms with E-state index < -0.39 is 12.0 Å². The molecule has 9 nitrogen and oxygen atoms in total. The lowest BCUT2D eigenvalue weighted by Crippen LogP contribution is -2.33. The third kappa shape index (κ3) is 8.53. The van der Waals surface area contributed by atoms with E-state index in [0.717, 1.165) is 5.56 Å². The fourth-order valence-corrected chi connectivity index (χ4v) is 3.49. The largest absolute Gasteiger partial charge is 0.492 e. The normalized spacial score (nSPS) is 11.5. The van der Waals surface area contributed by atoms with Gasteiger partial charge in [-0.15, -0.1) is 0 Å². The second-order valence-electron chi connectivity index (χ2n) is 7.11. The molecule has 1 unspecified atom stereocenters. The summed E-state index contributed by atoms with van der Waals surface area (Å²) >= 11 is 1.20. The molecule has 0 aliphatic carbocycles. The van der Waals surface area contributed by atoms with E-state index in [1.165, 1.54) is 17.5 Å². The number of carbonyl (C=O) groups is 2. The van der Waals surface area contributed by atoms with E-state index in [9.17, 15) is 14.7 Å². The molecule has 10 heteroatoms. The minimum absolute atomic E-state index is 0.0628. The first kappa shape index (κ1) is 24.2. The van der Waals surface area contributed by atoms with E-state index in [4.69, 9.17) is 15.2 Å². The fraction of sp³-hybridized carbons (Fsp3) is 0.261. The van der Waals surface area contributed by atoms with Crippen LogP contribution in [0.4, 0.5) is 5.00 Å². The number of hydrogen-bond donors (Lipinski definition) is 4. The molecule has 33 heavy (non-hydrogen) atoms. The maximum Gasteiger partial charge on any atom is 0.275 e. The van der Waals surface area contributed by atoms with Crippen molar-refractivity contribution in [3.63, 3.8) is 0 Å². The molecule has 0 radical (unpaired) electrons. The van der Waals surface area contributed by atoms with Crippen LogP contribution >= 0.6 is 11.3 Å². The van der Waals surface area contributed by atoms with Gasteiger partial charge in [0.25, 0.3) is 5.19 Å². The molecule has 1 atom stereocenters. The third-order valence-corrected chi connectivity index (χ3v) is 5.25. The summed E-state index contributed by atoms with van der Waals surface area (Å²) in [5, 5.41) is 16.9. The topological polar surface area (TPSA) is 136 Å². The van der Waals surface area contributed by atoms with E-state index in [0.29, 0.717) is 41.2 Å². The van der Waals surface area contributed by atoms with Gasteiger partial charge in [-0.25, -0.2) is 4.98 Å². The Bertz CT molecular complexity index is 1030. The van der Waals surface area contributed by atoms with Gasteiger partial charge in [-0.1, -0.05) is 41.7 Å². The van der Waals surface area contributed by atoms with Crippen LogP contribution in [0.3, 0.4) is 0 Å². The van der Waals surface area contributed by atoms with Crippen molar-refractivity contribution < 1.29 is 24.2 Å². The number of nitrogens with zero attached hydrogens (tertiary/aromatic N) is 1. The molecule has 174 valence electrons. The number of carbonyl (C=O) groups excluding carboxylic acids is 2. The Morgan fingerprint density at radius 2 is 1.85 bits per heavy atom. The first-order chi connectivity index (χ1) is 16.0. The molecule has 2 amide bonds. The highest BCUT2D eigenvalue weighted by atomic mass is 32.1. The van der Waals surface area contributed by atoms with Crippen LogP contribution in [0.15, 0.2) is 60.8 Å². The number of ether oxygens (including phenoxy) is 2. The molecule has 0 saturated carbocycles. The predicted molar refractivity (Wildman–Crippen MR) is 126 cm³/mol. The molecule has 2 aromatic carbocycles. The number of aliphatic hydroxyl groups excluding tert-OH is 1. The smallest absolute Gasteiger partial charge is 0.275 e. The monoisotopic (exact) mass is 470 g/mol. The maximum absolute atomic E-state index is 12.1. The van der Waals surface area contributed by atoms with Crippen LogP contribution in [0.25, 0.3) is 0 Å². The second-order valence-corrected chi connectivity index (χ2v) is 8.10. The molecule has 1 aromatic heterocycles. The van der Waals surface area contributed by atoms with Crippen LogP contribution in [0.1, 0.15) is 15.9 Å². The van der Waals surface area contributed by atoms with Crippen molar-refractivity contribution >= 4 is 28.2 Å². The summed E-state index contributed by atoms with van der Waals surface area (Å²) in [5.41, 5.74) is 6.55. The lowest BCUT2D eigenvalue weighted by Gasteiger charge is -2.12. The number of thiazole rings is 1. The molecular weight excluding hydrogens is 444 g/mol. The number of aromatic nitrogens is 1. The zero-order chi connectivity index (χ0) is 23.5. The molecule has 3 rings (SSSR count). The van der Waals surface area contributed by atoms with Crippen molar-refractivity contribution in [1.82, 2.24) is 10.3 Å². The molecule has 5 N–H and O–H groups in total.